The van der Waals surface area contributed by atoms with E-state index < -0.39 is 12.6 Å². The number of nitrogens with one attached hydrogen (secondary N) is 1. The Bertz CT molecular complexity index is 462. The van der Waals surface area contributed by atoms with E-state index in [9.17, 15) is 13.2 Å². The standard InChI is InChI=1S/C13H21F3N4S.HI/c1-10-19-11(9-21-10)8-20(3)12(17-2)18-7-5-4-6-13(14,15)16;/h9H,4-8H2,1-3H3,(H,17,18);1H. The highest BCUT2D eigenvalue weighted by Crippen LogP contribution is 2.21. The molecule has 128 valence electrons. The van der Waals surface area contributed by atoms with Crippen LogP contribution in [-0.4, -0.2) is 42.7 Å². The van der Waals surface area contributed by atoms with Crippen molar-refractivity contribution >= 4 is 41.3 Å². The van der Waals surface area contributed by atoms with Gasteiger partial charge in [0.2, 0.25) is 0 Å². The minimum Gasteiger partial charge on any atom is -0.356 e. The fourth-order valence-corrected chi connectivity index (χ4v) is 2.44. The predicted molar refractivity (Wildman–Crippen MR) is 95.0 cm³/mol. The maximum atomic E-state index is 12.0. The first kappa shape index (κ1) is 21.4. The van der Waals surface area contributed by atoms with E-state index in [1.807, 2.05) is 24.3 Å². The number of rotatable bonds is 6. The van der Waals surface area contributed by atoms with Gasteiger partial charge in [-0.25, -0.2) is 4.98 Å². The second kappa shape index (κ2) is 10.2. The Morgan fingerprint density at radius 1 is 1.41 bits per heavy atom. The second-order valence-corrected chi connectivity index (χ2v) is 5.82. The molecule has 0 unspecified atom stereocenters. The molecule has 0 amide bonds. The molecule has 0 saturated heterocycles. The predicted octanol–water partition coefficient (Wildman–Crippen LogP) is 3.81. The van der Waals surface area contributed by atoms with E-state index >= 15 is 0 Å². The van der Waals surface area contributed by atoms with E-state index in [0.29, 0.717) is 25.5 Å². The van der Waals surface area contributed by atoms with Crippen LogP contribution < -0.4 is 5.32 Å². The van der Waals surface area contributed by atoms with Gasteiger partial charge in [-0.1, -0.05) is 0 Å². The average molecular weight is 450 g/mol. The molecule has 9 heteroatoms. The van der Waals surface area contributed by atoms with Crippen LogP contribution in [0.15, 0.2) is 10.4 Å². The molecule has 0 aliphatic carbocycles. The topological polar surface area (TPSA) is 40.5 Å². The number of unbranched alkanes of at least 4 members (excludes halogenated alkanes) is 1. The van der Waals surface area contributed by atoms with Gasteiger partial charge < -0.3 is 10.2 Å². The zero-order chi connectivity index (χ0) is 15.9. The molecule has 1 heterocycles. The highest BCUT2D eigenvalue weighted by molar-refractivity contribution is 14.0. The lowest BCUT2D eigenvalue weighted by Gasteiger charge is -2.21. The van der Waals surface area contributed by atoms with E-state index in [2.05, 4.69) is 15.3 Å². The number of halogens is 4. The molecule has 0 aliphatic heterocycles. The first-order valence-electron chi connectivity index (χ1n) is 6.71. The third-order valence-electron chi connectivity index (χ3n) is 2.81. The molecule has 1 N–H and O–H groups in total. The summed E-state index contributed by atoms with van der Waals surface area (Å²) in [6, 6.07) is 0. The summed E-state index contributed by atoms with van der Waals surface area (Å²) in [5.41, 5.74) is 0.958. The van der Waals surface area contributed by atoms with Crippen molar-refractivity contribution < 1.29 is 13.2 Å². The number of aliphatic imine (C=N–C) groups is 1. The number of aromatic nitrogens is 1. The van der Waals surface area contributed by atoms with Crippen molar-refractivity contribution in [3.05, 3.63) is 16.1 Å². The molecule has 0 spiro atoms. The molecule has 0 bridgehead atoms. The Labute approximate surface area is 150 Å². The zero-order valence-electron chi connectivity index (χ0n) is 12.9. The van der Waals surface area contributed by atoms with Crippen LogP contribution in [0.4, 0.5) is 13.2 Å². The summed E-state index contributed by atoms with van der Waals surface area (Å²) in [6.45, 7) is 3.04. The summed E-state index contributed by atoms with van der Waals surface area (Å²) >= 11 is 1.59. The van der Waals surface area contributed by atoms with Gasteiger partial charge in [0.25, 0.3) is 0 Å². The van der Waals surface area contributed by atoms with E-state index in [1.54, 1.807) is 18.4 Å². The van der Waals surface area contributed by atoms with Gasteiger partial charge in [0.1, 0.15) is 0 Å². The molecule has 0 aliphatic rings. The normalized spacial score (nSPS) is 12.0. The van der Waals surface area contributed by atoms with E-state index in [1.165, 1.54) is 0 Å². The van der Waals surface area contributed by atoms with Crippen molar-refractivity contribution in [1.29, 1.82) is 0 Å². The number of alkyl halides is 3. The van der Waals surface area contributed by atoms with Crippen LogP contribution in [0.3, 0.4) is 0 Å². The van der Waals surface area contributed by atoms with Crippen molar-refractivity contribution in [3.8, 4) is 0 Å². The van der Waals surface area contributed by atoms with Gasteiger partial charge in [-0.15, -0.1) is 35.3 Å². The summed E-state index contributed by atoms with van der Waals surface area (Å²) in [4.78, 5) is 10.4. The van der Waals surface area contributed by atoms with Crippen LogP contribution in [0.2, 0.25) is 0 Å². The Hall–Kier alpha value is -0.580. The highest BCUT2D eigenvalue weighted by atomic mass is 127. The Morgan fingerprint density at radius 2 is 2.09 bits per heavy atom. The number of thiazole rings is 1. The lowest BCUT2D eigenvalue weighted by Crippen LogP contribution is -2.39. The van der Waals surface area contributed by atoms with E-state index in [0.717, 1.165) is 10.7 Å². The second-order valence-electron chi connectivity index (χ2n) is 4.76. The molecule has 1 aromatic rings. The van der Waals surface area contributed by atoms with Crippen LogP contribution in [0.25, 0.3) is 0 Å². The fourth-order valence-electron chi connectivity index (χ4n) is 1.83. The SMILES string of the molecule is CN=C(NCCCCC(F)(F)F)N(C)Cc1csc(C)n1.I. The maximum Gasteiger partial charge on any atom is 0.389 e. The fraction of sp³-hybridized carbons (Fsp3) is 0.692. The molecule has 1 rings (SSSR count). The molecule has 0 atom stereocenters. The van der Waals surface area contributed by atoms with Crippen molar-refractivity contribution in [2.24, 2.45) is 4.99 Å². The minimum absolute atomic E-state index is 0. The van der Waals surface area contributed by atoms with Gasteiger partial charge in [0.05, 0.1) is 17.2 Å². The summed E-state index contributed by atoms with van der Waals surface area (Å²) in [5, 5.41) is 6.06. The summed E-state index contributed by atoms with van der Waals surface area (Å²) in [7, 11) is 3.53. The Balaban J connectivity index is 0.00000441. The van der Waals surface area contributed by atoms with Crippen LogP contribution in [0.5, 0.6) is 0 Å². The van der Waals surface area contributed by atoms with Gasteiger partial charge in [0.15, 0.2) is 5.96 Å². The highest BCUT2D eigenvalue weighted by Gasteiger charge is 2.25. The number of guanidine groups is 1. The Morgan fingerprint density at radius 3 is 2.59 bits per heavy atom. The molecule has 0 saturated carbocycles. The van der Waals surface area contributed by atoms with E-state index in [4.69, 9.17) is 0 Å². The molecule has 22 heavy (non-hydrogen) atoms. The van der Waals surface area contributed by atoms with Crippen LogP contribution >= 0.6 is 35.3 Å². The van der Waals surface area contributed by atoms with Crippen LogP contribution in [-0.2, 0) is 6.54 Å². The summed E-state index contributed by atoms with van der Waals surface area (Å²) in [5.74, 6) is 0.660. The number of hydrogen-bond donors (Lipinski definition) is 1. The first-order valence-corrected chi connectivity index (χ1v) is 7.59. The summed E-state index contributed by atoms with van der Waals surface area (Å²) < 4.78 is 36.1. The van der Waals surface area contributed by atoms with Crippen LogP contribution in [0.1, 0.15) is 30.0 Å². The van der Waals surface area contributed by atoms with Crippen molar-refractivity contribution in [2.45, 2.75) is 38.9 Å². The van der Waals surface area contributed by atoms with Gasteiger partial charge >= 0.3 is 6.18 Å². The third-order valence-corrected chi connectivity index (χ3v) is 3.63. The van der Waals surface area contributed by atoms with Crippen molar-refractivity contribution in [2.75, 3.05) is 20.6 Å². The third kappa shape index (κ3) is 8.76. The molecule has 1 aromatic heterocycles. The molecular formula is C13H22F3IN4S. The zero-order valence-corrected chi connectivity index (χ0v) is 16.1. The average Bonchev–Trinajstić information content (AvgIpc) is 2.77. The van der Waals surface area contributed by atoms with Gasteiger partial charge in [-0.3, -0.25) is 4.99 Å². The number of aryl methyl sites for hydroxylation is 1. The van der Waals surface area contributed by atoms with Crippen molar-refractivity contribution in [3.63, 3.8) is 0 Å². The molecule has 0 fully saturated rings. The van der Waals surface area contributed by atoms with Gasteiger partial charge in [-0.2, -0.15) is 13.2 Å². The minimum atomic E-state index is -4.07. The monoisotopic (exact) mass is 450 g/mol. The number of nitrogens with zero attached hydrogens (tertiary/aromatic N) is 3. The van der Waals surface area contributed by atoms with Crippen LogP contribution in [0, 0.1) is 6.92 Å². The first-order chi connectivity index (χ1) is 9.81. The molecule has 0 radical (unpaired) electrons. The lowest BCUT2D eigenvalue weighted by atomic mass is 10.2. The van der Waals surface area contributed by atoms with Crippen molar-refractivity contribution in [1.82, 2.24) is 15.2 Å². The molecular weight excluding hydrogens is 428 g/mol. The lowest BCUT2D eigenvalue weighted by molar-refractivity contribution is -0.135. The maximum absolute atomic E-state index is 12.0. The summed E-state index contributed by atoms with van der Waals surface area (Å²) in [6.07, 6.45) is -4.22. The largest absolute Gasteiger partial charge is 0.389 e. The quantitative estimate of drug-likeness (QED) is 0.310. The van der Waals surface area contributed by atoms with Gasteiger partial charge in [0, 0.05) is 32.4 Å². The number of hydrogen-bond acceptors (Lipinski definition) is 3. The smallest absolute Gasteiger partial charge is 0.356 e. The van der Waals surface area contributed by atoms with Gasteiger partial charge in [-0.05, 0) is 19.8 Å². The Kier molecular flexibility index (Phi) is 9.97. The van der Waals surface area contributed by atoms with E-state index in [-0.39, 0.29) is 30.4 Å². The molecule has 4 nitrogen and oxygen atoms in total. The molecule has 0 aromatic carbocycles.